The van der Waals surface area contributed by atoms with E-state index in [2.05, 4.69) is 0 Å². The Morgan fingerprint density at radius 2 is 1.96 bits per heavy atom. The Balaban J connectivity index is 1.58. The van der Waals surface area contributed by atoms with Gasteiger partial charge in [-0.25, -0.2) is 9.18 Å². The Morgan fingerprint density at radius 3 is 2.61 bits per heavy atom. The molecule has 7 heteroatoms. The molecule has 0 bridgehead atoms. The van der Waals surface area contributed by atoms with E-state index in [0.717, 1.165) is 44.6 Å². The van der Waals surface area contributed by atoms with Crippen LogP contribution in [0.4, 0.5) is 4.39 Å². The van der Waals surface area contributed by atoms with Gasteiger partial charge in [0.15, 0.2) is 0 Å². The number of halogens is 3. The van der Waals surface area contributed by atoms with E-state index in [-0.39, 0.29) is 33.7 Å². The van der Waals surface area contributed by atoms with Gasteiger partial charge in [-0.05, 0) is 31.4 Å². The lowest BCUT2D eigenvalue weighted by Crippen LogP contribution is -2.30. The number of rotatable bonds is 3. The second-order valence-corrected chi connectivity index (χ2v) is 6.91. The summed E-state index contributed by atoms with van der Waals surface area (Å²) in [4.78, 5) is 12.1. The predicted molar refractivity (Wildman–Crippen MR) is 83.5 cm³/mol. The average molecular weight is 363 g/mol. The van der Waals surface area contributed by atoms with Gasteiger partial charge in [-0.3, -0.25) is 0 Å². The number of esters is 1. The van der Waals surface area contributed by atoms with Crippen molar-refractivity contribution in [3.8, 4) is 0 Å². The molecule has 2 aliphatic rings. The monoisotopic (exact) mass is 362 g/mol. The van der Waals surface area contributed by atoms with Crippen molar-refractivity contribution in [2.45, 2.75) is 25.4 Å². The summed E-state index contributed by atoms with van der Waals surface area (Å²) in [5.41, 5.74) is 0.119. The molecule has 4 nitrogen and oxygen atoms in total. The van der Waals surface area contributed by atoms with Crippen molar-refractivity contribution in [2.24, 2.45) is 5.41 Å². The van der Waals surface area contributed by atoms with Crippen molar-refractivity contribution >= 4 is 29.2 Å². The molecule has 3 rings (SSSR count). The van der Waals surface area contributed by atoms with E-state index in [1.165, 1.54) is 0 Å². The van der Waals surface area contributed by atoms with Gasteiger partial charge in [0, 0.05) is 18.6 Å². The van der Waals surface area contributed by atoms with Gasteiger partial charge in [-0.2, -0.15) is 0 Å². The molecular formula is C16H17Cl2FO4. The van der Waals surface area contributed by atoms with Gasteiger partial charge in [-0.15, -0.1) is 0 Å². The standard InChI is InChI=1S/C16H17Cl2FO4/c17-12-5-10(19)6-13(18)14(12)15(20)22-8-11-7-16(9-23-11)1-3-21-4-2-16/h5-6,11H,1-4,7-9H2. The third-order valence-corrected chi connectivity index (χ3v) is 5.05. The second kappa shape index (κ2) is 6.93. The van der Waals surface area contributed by atoms with Crippen LogP contribution in [-0.4, -0.2) is 38.5 Å². The highest BCUT2D eigenvalue weighted by Gasteiger charge is 2.41. The van der Waals surface area contributed by atoms with Crippen LogP contribution >= 0.6 is 23.2 Å². The van der Waals surface area contributed by atoms with Crippen LogP contribution in [0.5, 0.6) is 0 Å². The van der Waals surface area contributed by atoms with E-state index in [1.54, 1.807) is 0 Å². The van der Waals surface area contributed by atoms with E-state index in [9.17, 15) is 9.18 Å². The van der Waals surface area contributed by atoms with Crippen LogP contribution in [0.25, 0.3) is 0 Å². The molecule has 1 atom stereocenters. The molecule has 0 amide bonds. The number of hydrogen-bond donors (Lipinski definition) is 0. The summed E-state index contributed by atoms with van der Waals surface area (Å²) in [5.74, 6) is -1.27. The zero-order valence-corrected chi connectivity index (χ0v) is 14.0. The smallest absolute Gasteiger partial charge is 0.341 e. The van der Waals surface area contributed by atoms with E-state index in [1.807, 2.05) is 0 Å². The van der Waals surface area contributed by atoms with Crippen molar-refractivity contribution in [3.05, 3.63) is 33.6 Å². The SMILES string of the molecule is O=C(OCC1CC2(CCOCC2)CO1)c1c(Cl)cc(F)cc1Cl. The Bertz CT molecular complexity index is 579. The normalized spacial score (nSPS) is 23.2. The zero-order chi connectivity index (χ0) is 16.4. The Morgan fingerprint density at radius 1 is 1.30 bits per heavy atom. The molecule has 2 fully saturated rings. The highest BCUT2D eigenvalue weighted by atomic mass is 35.5. The average Bonchev–Trinajstić information content (AvgIpc) is 2.87. The van der Waals surface area contributed by atoms with Crippen LogP contribution in [0.15, 0.2) is 12.1 Å². The van der Waals surface area contributed by atoms with E-state index in [0.29, 0.717) is 6.61 Å². The molecule has 0 aliphatic carbocycles. The maximum Gasteiger partial charge on any atom is 0.341 e. The zero-order valence-electron chi connectivity index (χ0n) is 12.4. The molecule has 126 valence electrons. The highest BCUT2D eigenvalue weighted by molar-refractivity contribution is 6.39. The van der Waals surface area contributed by atoms with Gasteiger partial charge in [0.1, 0.15) is 12.4 Å². The van der Waals surface area contributed by atoms with Gasteiger partial charge < -0.3 is 14.2 Å². The first-order valence-electron chi connectivity index (χ1n) is 7.50. The van der Waals surface area contributed by atoms with E-state index >= 15 is 0 Å². The van der Waals surface area contributed by atoms with E-state index in [4.69, 9.17) is 37.4 Å². The number of benzene rings is 1. The Hall–Kier alpha value is -0.880. The summed E-state index contributed by atoms with van der Waals surface area (Å²) in [6.07, 6.45) is 2.63. The molecule has 1 spiro atoms. The molecule has 0 saturated carbocycles. The van der Waals surface area contributed by atoms with Crippen molar-refractivity contribution in [3.63, 3.8) is 0 Å². The van der Waals surface area contributed by atoms with Crippen molar-refractivity contribution in [1.29, 1.82) is 0 Å². The molecule has 2 aliphatic heterocycles. The van der Waals surface area contributed by atoms with Crippen molar-refractivity contribution in [2.75, 3.05) is 26.4 Å². The minimum atomic E-state index is -0.670. The number of carbonyl (C=O) groups excluding carboxylic acids is 1. The molecule has 0 radical (unpaired) electrons. The minimum absolute atomic E-state index is 0.0199. The fourth-order valence-electron chi connectivity index (χ4n) is 3.13. The fourth-order valence-corrected chi connectivity index (χ4v) is 3.75. The third kappa shape index (κ3) is 3.79. The first kappa shape index (κ1) is 17.0. The largest absolute Gasteiger partial charge is 0.459 e. The molecule has 1 aromatic carbocycles. The lowest BCUT2D eigenvalue weighted by molar-refractivity contribution is 0.000400. The number of ether oxygens (including phenoxy) is 3. The lowest BCUT2D eigenvalue weighted by atomic mass is 9.78. The lowest BCUT2D eigenvalue weighted by Gasteiger charge is -2.31. The van der Waals surface area contributed by atoms with Crippen LogP contribution in [-0.2, 0) is 14.2 Å². The first-order valence-corrected chi connectivity index (χ1v) is 8.26. The van der Waals surface area contributed by atoms with Gasteiger partial charge in [0.2, 0.25) is 0 Å². The van der Waals surface area contributed by atoms with Crippen LogP contribution in [0.1, 0.15) is 29.6 Å². The summed E-state index contributed by atoms with van der Waals surface area (Å²) in [7, 11) is 0. The van der Waals surface area contributed by atoms with Gasteiger partial charge in [0.25, 0.3) is 0 Å². The molecule has 1 unspecified atom stereocenters. The molecular weight excluding hydrogens is 346 g/mol. The number of carbonyl (C=O) groups is 1. The third-order valence-electron chi connectivity index (χ3n) is 4.45. The Labute approximate surface area is 143 Å². The quantitative estimate of drug-likeness (QED) is 0.765. The van der Waals surface area contributed by atoms with Crippen LogP contribution < -0.4 is 0 Å². The maximum absolute atomic E-state index is 13.2. The second-order valence-electron chi connectivity index (χ2n) is 6.09. The van der Waals surface area contributed by atoms with E-state index < -0.39 is 11.8 Å². The van der Waals surface area contributed by atoms with Crippen molar-refractivity contribution < 1.29 is 23.4 Å². The highest BCUT2D eigenvalue weighted by Crippen LogP contribution is 2.41. The summed E-state index contributed by atoms with van der Waals surface area (Å²) < 4.78 is 29.6. The molecule has 0 N–H and O–H groups in total. The summed E-state index contributed by atoms with van der Waals surface area (Å²) in [6.45, 7) is 2.29. The van der Waals surface area contributed by atoms with Crippen LogP contribution in [0.3, 0.4) is 0 Å². The molecule has 2 saturated heterocycles. The van der Waals surface area contributed by atoms with Crippen LogP contribution in [0, 0.1) is 11.2 Å². The topological polar surface area (TPSA) is 44.8 Å². The summed E-state index contributed by atoms with van der Waals surface area (Å²) >= 11 is 11.7. The molecule has 2 heterocycles. The molecule has 23 heavy (non-hydrogen) atoms. The first-order chi connectivity index (χ1) is 11.0. The molecule has 1 aromatic rings. The summed E-state index contributed by atoms with van der Waals surface area (Å²) in [5, 5.41) is -0.124. The Kier molecular flexibility index (Phi) is 5.11. The van der Waals surface area contributed by atoms with Gasteiger partial charge in [0.05, 0.1) is 28.3 Å². The van der Waals surface area contributed by atoms with Crippen LogP contribution in [0.2, 0.25) is 10.0 Å². The fraction of sp³-hybridized carbons (Fsp3) is 0.562. The molecule has 0 aromatic heterocycles. The maximum atomic E-state index is 13.2. The van der Waals surface area contributed by atoms with Gasteiger partial charge in [-0.1, -0.05) is 23.2 Å². The summed E-state index contributed by atoms with van der Waals surface area (Å²) in [6, 6.07) is 2.07. The van der Waals surface area contributed by atoms with Gasteiger partial charge >= 0.3 is 5.97 Å². The minimum Gasteiger partial charge on any atom is -0.459 e. The number of hydrogen-bond acceptors (Lipinski definition) is 4. The van der Waals surface area contributed by atoms with Crippen molar-refractivity contribution in [1.82, 2.24) is 0 Å². The predicted octanol–water partition coefficient (Wildman–Crippen LogP) is 3.88.